The second kappa shape index (κ2) is 5.12. The van der Waals surface area contributed by atoms with Crippen LogP contribution in [0.25, 0.3) is 0 Å². The third-order valence-electron chi connectivity index (χ3n) is 2.57. The van der Waals surface area contributed by atoms with Gasteiger partial charge in [0.15, 0.2) is 0 Å². The van der Waals surface area contributed by atoms with Gasteiger partial charge in [-0.05, 0) is 40.2 Å². The quantitative estimate of drug-likeness (QED) is 0.842. The van der Waals surface area contributed by atoms with Crippen LogP contribution in [-0.2, 0) is 14.8 Å². The molecule has 0 aliphatic carbocycles. The van der Waals surface area contributed by atoms with E-state index in [9.17, 15) is 18.3 Å². The number of halogens is 1. The van der Waals surface area contributed by atoms with Crippen LogP contribution in [0, 0.1) is 0 Å². The second-order valence-electron chi connectivity index (χ2n) is 3.85. The lowest BCUT2D eigenvalue weighted by Crippen LogP contribution is -2.54. The highest BCUT2D eigenvalue weighted by Gasteiger charge is 2.45. The van der Waals surface area contributed by atoms with Crippen molar-refractivity contribution in [2.24, 2.45) is 0 Å². The van der Waals surface area contributed by atoms with Crippen LogP contribution in [0.15, 0.2) is 20.1 Å². The molecule has 1 atom stereocenters. The summed E-state index contributed by atoms with van der Waals surface area (Å²) < 4.78 is 27.4. The minimum atomic E-state index is -3.78. The van der Waals surface area contributed by atoms with Gasteiger partial charge in [-0.15, -0.1) is 11.3 Å². The number of nitrogens with one attached hydrogen (secondary N) is 1. The van der Waals surface area contributed by atoms with Gasteiger partial charge >= 0.3 is 5.97 Å². The predicted octanol–water partition coefficient (Wildman–Crippen LogP) is 1.75. The number of hydrogen-bond acceptors (Lipinski definition) is 5. The van der Waals surface area contributed by atoms with Crippen LogP contribution in [0.5, 0.6) is 0 Å². The molecule has 1 aromatic heterocycles. The molecule has 2 heterocycles. The second-order valence-corrected chi connectivity index (χ2v) is 9.33. The maximum Gasteiger partial charge on any atom is 0.325 e. The predicted molar refractivity (Wildman–Crippen MR) is 74.6 cm³/mol. The van der Waals surface area contributed by atoms with E-state index in [1.807, 2.05) is 0 Å². The highest BCUT2D eigenvalue weighted by molar-refractivity contribution is 9.11. The molecule has 9 heteroatoms. The third-order valence-corrected chi connectivity index (χ3v) is 7.42. The smallest absolute Gasteiger partial charge is 0.325 e. The van der Waals surface area contributed by atoms with E-state index in [1.165, 1.54) is 17.8 Å². The Bertz CT molecular complexity index is 562. The molecule has 0 aromatic carbocycles. The first-order valence-corrected chi connectivity index (χ1v) is 9.21. The molecule has 2 N–H and O–H groups in total. The lowest BCUT2D eigenvalue weighted by molar-refractivity contribution is -0.142. The van der Waals surface area contributed by atoms with E-state index in [0.29, 0.717) is 16.0 Å². The van der Waals surface area contributed by atoms with E-state index in [4.69, 9.17) is 0 Å². The Kier molecular flexibility index (Phi) is 4.07. The third kappa shape index (κ3) is 2.74. The van der Waals surface area contributed by atoms with Gasteiger partial charge in [0.2, 0.25) is 0 Å². The van der Waals surface area contributed by atoms with Gasteiger partial charge in [-0.1, -0.05) is 0 Å². The van der Waals surface area contributed by atoms with Crippen LogP contribution in [0.1, 0.15) is 6.42 Å². The van der Waals surface area contributed by atoms with Crippen molar-refractivity contribution in [3.63, 3.8) is 0 Å². The maximum absolute atomic E-state index is 12.1. The van der Waals surface area contributed by atoms with E-state index in [2.05, 4.69) is 20.7 Å². The number of hydrogen-bond donors (Lipinski definition) is 2. The van der Waals surface area contributed by atoms with Gasteiger partial charge in [0.25, 0.3) is 10.0 Å². The molecule has 1 unspecified atom stereocenters. The summed E-state index contributed by atoms with van der Waals surface area (Å²) in [5, 5.41) is 9.23. The van der Waals surface area contributed by atoms with Gasteiger partial charge in [-0.2, -0.15) is 16.5 Å². The molecule has 1 saturated heterocycles. The topological polar surface area (TPSA) is 83.5 Å². The van der Waals surface area contributed by atoms with Crippen molar-refractivity contribution >= 4 is 55.0 Å². The van der Waals surface area contributed by atoms with Gasteiger partial charge < -0.3 is 5.11 Å². The summed E-state index contributed by atoms with van der Waals surface area (Å²) in [6.45, 7) is 0. The fourth-order valence-corrected chi connectivity index (χ4v) is 6.42. The van der Waals surface area contributed by atoms with Gasteiger partial charge in [-0.3, -0.25) is 4.79 Å². The molecule has 0 saturated carbocycles. The zero-order valence-corrected chi connectivity index (χ0v) is 13.1. The van der Waals surface area contributed by atoms with Crippen molar-refractivity contribution in [1.29, 1.82) is 0 Å². The molecule has 2 rings (SSSR count). The summed E-state index contributed by atoms with van der Waals surface area (Å²) in [7, 11) is -3.78. The fourth-order valence-electron chi connectivity index (χ4n) is 1.61. The number of carboxylic acids is 1. The monoisotopic (exact) mass is 371 g/mol. The summed E-state index contributed by atoms with van der Waals surface area (Å²) in [5.41, 5.74) is -1.38. The highest BCUT2D eigenvalue weighted by atomic mass is 79.9. The molecule has 1 aliphatic heterocycles. The summed E-state index contributed by atoms with van der Waals surface area (Å²) in [6.07, 6.45) is 0.304. The van der Waals surface area contributed by atoms with Crippen molar-refractivity contribution in [1.82, 2.24) is 4.72 Å². The first-order valence-electron chi connectivity index (χ1n) is 4.96. The Morgan fingerprint density at radius 2 is 2.22 bits per heavy atom. The standard InChI is InChI=1S/C9H10BrNO4S3/c10-6-1-2-7(17-6)18(14,15)11-9(8(12)13)3-4-16-5-9/h1-2,11H,3-5H2,(H,12,13). The number of carbonyl (C=O) groups is 1. The number of thiophene rings is 1. The Morgan fingerprint density at radius 3 is 2.67 bits per heavy atom. The Morgan fingerprint density at radius 1 is 1.50 bits per heavy atom. The van der Waals surface area contributed by atoms with Crippen molar-refractivity contribution in [3.05, 3.63) is 15.9 Å². The van der Waals surface area contributed by atoms with Gasteiger partial charge in [0.05, 0.1) is 3.79 Å². The summed E-state index contributed by atoms with van der Waals surface area (Å²) in [6, 6.07) is 3.07. The lowest BCUT2D eigenvalue weighted by Gasteiger charge is -2.23. The van der Waals surface area contributed by atoms with Crippen LogP contribution in [0.3, 0.4) is 0 Å². The summed E-state index contributed by atoms with van der Waals surface area (Å²) >= 11 is 5.68. The van der Waals surface area contributed by atoms with Gasteiger partial charge in [0, 0.05) is 5.75 Å². The number of carboxylic acid groups (broad SMARTS) is 1. The average molecular weight is 372 g/mol. The molecule has 1 aliphatic rings. The first-order chi connectivity index (χ1) is 8.36. The van der Waals surface area contributed by atoms with E-state index >= 15 is 0 Å². The molecule has 1 fully saturated rings. The molecule has 0 bridgehead atoms. The Balaban J connectivity index is 2.29. The molecule has 0 amide bonds. The minimum Gasteiger partial charge on any atom is -0.480 e. The molecular formula is C9H10BrNO4S3. The van der Waals surface area contributed by atoms with Crippen molar-refractivity contribution in [3.8, 4) is 0 Å². The van der Waals surface area contributed by atoms with Crippen LogP contribution < -0.4 is 4.72 Å². The molecule has 100 valence electrons. The Hall–Kier alpha value is -0.0900. The molecule has 18 heavy (non-hydrogen) atoms. The number of aliphatic carboxylic acids is 1. The molecular weight excluding hydrogens is 362 g/mol. The van der Waals surface area contributed by atoms with E-state index < -0.39 is 21.5 Å². The van der Waals surface area contributed by atoms with Crippen molar-refractivity contribution < 1.29 is 18.3 Å². The highest BCUT2D eigenvalue weighted by Crippen LogP contribution is 2.32. The van der Waals surface area contributed by atoms with Crippen molar-refractivity contribution in [2.75, 3.05) is 11.5 Å². The number of thioether (sulfide) groups is 1. The molecule has 0 spiro atoms. The zero-order valence-electron chi connectivity index (χ0n) is 9.05. The summed E-state index contributed by atoms with van der Waals surface area (Å²) in [5.74, 6) is -0.219. The largest absolute Gasteiger partial charge is 0.480 e. The zero-order chi connectivity index (χ0) is 13.4. The van der Waals surface area contributed by atoms with E-state index in [-0.39, 0.29) is 9.96 Å². The average Bonchev–Trinajstić information content (AvgIpc) is 2.87. The van der Waals surface area contributed by atoms with Crippen LogP contribution in [-0.4, -0.2) is 36.5 Å². The van der Waals surface area contributed by atoms with Crippen LogP contribution in [0.2, 0.25) is 0 Å². The lowest BCUT2D eigenvalue weighted by atomic mass is 10.0. The van der Waals surface area contributed by atoms with Gasteiger partial charge in [-0.25, -0.2) is 8.42 Å². The van der Waals surface area contributed by atoms with Crippen molar-refractivity contribution in [2.45, 2.75) is 16.2 Å². The molecule has 0 radical (unpaired) electrons. The maximum atomic E-state index is 12.1. The number of rotatable bonds is 4. The molecule has 5 nitrogen and oxygen atoms in total. The summed E-state index contributed by atoms with van der Waals surface area (Å²) in [4.78, 5) is 11.3. The van der Waals surface area contributed by atoms with Gasteiger partial charge in [0.1, 0.15) is 9.75 Å². The Labute approximate surface area is 121 Å². The van der Waals surface area contributed by atoms with E-state index in [0.717, 1.165) is 11.3 Å². The first kappa shape index (κ1) is 14.3. The fraction of sp³-hybridized carbons (Fsp3) is 0.444. The minimum absolute atomic E-state index is 0.118. The normalized spacial score (nSPS) is 24.3. The van der Waals surface area contributed by atoms with Crippen LogP contribution >= 0.6 is 39.0 Å². The van der Waals surface area contributed by atoms with E-state index in [1.54, 1.807) is 6.07 Å². The van der Waals surface area contributed by atoms with Crippen LogP contribution in [0.4, 0.5) is 0 Å². The number of sulfonamides is 1. The SMILES string of the molecule is O=C(O)C1(NS(=O)(=O)c2ccc(Br)s2)CCSC1. The molecule has 1 aromatic rings.